The second-order valence-electron chi connectivity index (χ2n) is 7.04. The Hall–Kier alpha value is -1.43. The molecular weight excluding hydrogens is 302 g/mol. The van der Waals surface area contributed by atoms with Crippen molar-refractivity contribution in [2.75, 3.05) is 33.2 Å². The van der Waals surface area contributed by atoms with Crippen LogP contribution in [0.15, 0.2) is 24.3 Å². The second kappa shape index (κ2) is 9.16. The predicted octanol–water partition coefficient (Wildman–Crippen LogP) is 1.86. The lowest BCUT2D eigenvalue weighted by atomic mass is 10.1. The largest absolute Gasteiger partial charge is 0.374 e. The van der Waals surface area contributed by atoms with Gasteiger partial charge in [-0.25, -0.2) is 0 Å². The number of rotatable bonds is 7. The first kappa shape index (κ1) is 18.9. The molecule has 1 aromatic rings. The summed E-state index contributed by atoms with van der Waals surface area (Å²) >= 11 is 0. The van der Waals surface area contributed by atoms with Crippen molar-refractivity contribution in [3.8, 4) is 0 Å². The van der Waals surface area contributed by atoms with Gasteiger partial charge in [0, 0.05) is 32.2 Å². The second-order valence-corrected chi connectivity index (χ2v) is 7.04. The van der Waals surface area contributed by atoms with E-state index in [1.807, 2.05) is 26.0 Å². The molecule has 24 heavy (non-hydrogen) atoms. The summed E-state index contributed by atoms with van der Waals surface area (Å²) in [5.74, 6) is 0.0928. The molecule has 1 heterocycles. The molecule has 1 amide bonds. The van der Waals surface area contributed by atoms with Gasteiger partial charge in [-0.2, -0.15) is 0 Å². The molecule has 1 aromatic carbocycles. The molecule has 1 atom stereocenters. The van der Waals surface area contributed by atoms with Gasteiger partial charge in [0.05, 0.1) is 19.3 Å². The van der Waals surface area contributed by atoms with Crippen molar-refractivity contribution >= 4 is 5.91 Å². The summed E-state index contributed by atoms with van der Waals surface area (Å²) in [6, 6.07) is 8.63. The van der Waals surface area contributed by atoms with E-state index in [1.54, 1.807) is 0 Å². The third-order valence-electron chi connectivity index (χ3n) is 4.38. The number of ether oxygens (including phenoxy) is 1. The highest BCUT2D eigenvalue weighted by molar-refractivity contribution is 5.78. The fourth-order valence-electron chi connectivity index (χ4n) is 2.95. The molecule has 0 bridgehead atoms. The van der Waals surface area contributed by atoms with Crippen molar-refractivity contribution in [3.05, 3.63) is 35.4 Å². The van der Waals surface area contributed by atoms with E-state index < -0.39 is 0 Å². The van der Waals surface area contributed by atoms with Crippen molar-refractivity contribution in [1.82, 2.24) is 15.1 Å². The highest BCUT2D eigenvalue weighted by Gasteiger charge is 2.22. The molecule has 5 nitrogen and oxygen atoms in total. The van der Waals surface area contributed by atoms with Crippen molar-refractivity contribution in [1.29, 1.82) is 0 Å². The molecule has 0 spiro atoms. The van der Waals surface area contributed by atoms with Crippen LogP contribution >= 0.6 is 0 Å². The number of amides is 1. The van der Waals surface area contributed by atoms with Gasteiger partial charge in [-0.05, 0) is 38.9 Å². The van der Waals surface area contributed by atoms with Gasteiger partial charge in [-0.1, -0.05) is 24.3 Å². The van der Waals surface area contributed by atoms with Crippen LogP contribution in [0.3, 0.4) is 0 Å². The summed E-state index contributed by atoms with van der Waals surface area (Å²) in [6.45, 7) is 10.9. The fourth-order valence-corrected chi connectivity index (χ4v) is 2.95. The number of carbonyl (C=O) groups is 1. The van der Waals surface area contributed by atoms with Crippen LogP contribution in [-0.4, -0.2) is 61.1 Å². The Kier molecular flexibility index (Phi) is 7.21. The summed E-state index contributed by atoms with van der Waals surface area (Å²) in [6.07, 6.45) is 0.221. The van der Waals surface area contributed by atoms with Crippen molar-refractivity contribution in [2.45, 2.75) is 46.1 Å². The molecule has 1 saturated heterocycles. The third kappa shape index (κ3) is 6.23. The van der Waals surface area contributed by atoms with Crippen LogP contribution in [0.4, 0.5) is 0 Å². The molecule has 134 valence electrons. The lowest BCUT2D eigenvalue weighted by Gasteiger charge is -2.37. The first-order chi connectivity index (χ1) is 11.4. The molecule has 0 saturated carbocycles. The lowest BCUT2D eigenvalue weighted by Crippen LogP contribution is -2.53. The van der Waals surface area contributed by atoms with E-state index in [0.29, 0.717) is 25.7 Å². The maximum Gasteiger partial charge on any atom is 0.234 e. The number of nitrogens with one attached hydrogen (secondary N) is 1. The van der Waals surface area contributed by atoms with Crippen LogP contribution in [0, 0.1) is 0 Å². The molecular formula is C19H31N3O2. The summed E-state index contributed by atoms with van der Waals surface area (Å²) in [7, 11) is 2.13. The molecule has 1 aliphatic heterocycles. The van der Waals surface area contributed by atoms with Crippen LogP contribution < -0.4 is 5.32 Å². The number of hydrogen-bond acceptors (Lipinski definition) is 4. The number of carbonyl (C=O) groups excluding carboxylic acids is 1. The van der Waals surface area contributed by atoms with Gasteiger partial charge in [0.15, 0.2) is 0 Å². The minimum absolute atomic E-state index is 0.0928. The maximum atomic E-state index is 12.2. The summed E-state index contributed by atoms with van der Waals surface area (Å²) in [5.41, 5.74) is 2.25. The van der Waals surface area contributed by atoms with Crippen LogP contribution in [0.1, 0.15) is 31.9 Å². The first-order valence-electron chi connectivity index (χ1n) is 8.82. The standard InChI is InChI=1S/C19H31N3O2/c1-15(2)24-14-18-7-5-6-17(10-18)11-20-19(23)13-22-9-8-21(4)12-16(22)3/h5-7,10,15-16H,8-9,11-14H2,1-4H3,(H,20,23)/t16-/m1/s1. The van der Waals surface area contributed by atoms with Crippen LogP contribution in [0.5, 0.6) is 0 Å². The molecule has 1 aliphatic rings. The monoisotopic (exact) mass is 333 g/mol. The zero-order valence-corrected chi connectivity index (χ0v) is 15.4. The number of nitrogens with zero attached hydrogens (tertiary/aromatic N) is 2. The Bertz CT molecular complexity index is 533. The number of piperazine rings is 1. The van der Waals surface area contributed by atoms with Crippen molar-refractivity contribution < 1.29 is 9.53 Å². The fraction of sp³-hybridized carbons (Fsp3) is 0.632. The van der Waals surface area contributed by atoms with E-state index in [1.165, 1.54) is 0 Å². The summed E-state index contributed by atoms with van der Waals surface area (Å²) in [4.78, 5) is 16.8. The highest BCUT2D eigenvalue weighted by atomic mass is 16.5. The van der Waals surface area contributed by atoms with Crippen LogP contribution in [0.2, 0.25) is 0 Å². The Morgan fingerprint density at radius 2 is 2.08 bits per heavy atom. The smallest absolute Gasteiger partial charge is 0.234 e. The van der Waals surface area contributed by atoms with E-state index in [0.717, 1.165) is 30.8 Å². The van der Waals surface area contributed by atoms with Gasteiger partial charge >= 0.3 is 0 Å². The summed E-state index contributed by atoms with van der Waals surface area (Å²) < 4.78 is 5.63. The van der Waals surface area contributed by atoms with Crippen molar-refractivity contribution in [2.24, 2.45) is 0 Å². The minimum Gasteiger partial charge on any atom is -0.374 e. The minimum atomic E-state index is 0.0928. The van der Waals surface area contributed by atoms with Gasteiger partial charge in [-0.3, -0.25) is 9.69 Å². The number of hydrogen-bond donors (Lipinski definition) is 1. The van der Waals surface area contributed by atoms with Gasteiger partial charge in [-0.15, -0.1) is 0 Å². The normalized spacial score (nSPS) is 19.6. The molecule has 0 radical (unpaired) electrons. The van der Waals surface area contributed by atoms with Crippen LogP contribution in [-0.2, 0) is 22.7 Å². The highest BCUT2D eigenvalue weighted by Crippen LogP contribution is 2.09. The average Bonchev–Trinajstić information content (AvgIpc) is 2.54. The zero-order valence-electron chi connectivity index (χ0n) is 15.4. The predicted molar refractivity (Wildman–Crippen MR) is 96.7 cm³/mol. The van der Waals surface area contributed by atoms with Gasteiger partial charge in [0.1, 0.15) is 0 Å². The molecule has 1 fully saturated rings. The molecule has 1 N–H and O–H groups in total. The maximum absolute atomic E-state index is 12.2. The lowest BCUT2D eigenvalue weighted by molar-refractivity contribution is -0.123. The topological polar surface area (TPSA) is 44.8 Å². The molecule has 2 rings (SSSR count). The van der Waals surface area contributed by atoms with E-state index in [2.05, 4.69) is 41.2 Å². The quantitative estimate of drug-likeness (QED) is 0.827. The third-order valence-corrected chi connectivity index (χ3v) is 4.38. The van der Waals surface area contributed by atoms with E-state index in [4.69, 9.17) is 4.74 Å². The Morgan fingerprint density at radius 1 is 1.33 bits per heavy atom. The Balaban J connectivity index is 1.78. The SMILES string of the molecule is CC(C)OCc1cccc(CNC(=O)CN2CCN(C)C[C@H]2C)c1. The molecule has 0 aliphatic carbocycles. The molecule has 0 aromatic heterocycles. The zero-order chi connectivity index (χ0) is 17.5. The van der Waals surface area contributed by atoms with Gasteiger partial charge in [0.25, 0.3) is 0 Å². The Labute approximate surface area is 146 Å². The van der Waals surface area contributed by atoms with E-state index >= 15 is 0 Å². The molecule has 5 heteroatoms. The van der Waals surface area contributed by atoms with Crippen LogP contribution in [0.25, 0.3) is 0 Å². The van der Waals surface area contributed by atoms with Gasteiger partial charge < -0.3 is 15.0 Å². The average molecular weight is 333 g/mol. The Morgan fingerprint density at radius 3 is 2.79 bits per heavy atom. The van der Waals surface area contributed by atoms with E-state index in [9.17, 15) is 4.79 Å². The first-order valence-corrected chi connectivity index (χ1v) is 8.82. The number of likely N-dealkylation sites (N-methyl/N-ethyl adjacent to an activating group) is 1. The van der Waals surface area contributed by atoms with Crippen molar-refractivity contribution in [3.63, 3.8) is 0 Å². The number of benzene rings is 1. The van der Waals surface area contributed by atoms with E-state index in [-0.39, 0.29) is 12.0 Å². The molecule has 0 unspecified atom stereocenters. The van der Waals surface area contributed by atoms with Gasteiger partial charge in [0.2, 0.25) is 5.91 Å². The summed E-state index contributed by atoms with van der Waals surface area (Å²) in [5, 5.41) is 3.04.